The van der Waals surface area contributed by atoms with Gasteiger partial charge < -0.3 is 4.90 Å². The highest BCUT2D eigenvalue weighted by Gasteiger charge is 2.18. The van der Waals surface area contributed by atoms with Gasteiger partial charge in [-0.1, -0.05) is 25.3 Å². The number of anilines is 1. The molecule has 0 saturated heterocycles. The molecule has 1 aromatic rings. The quantitative estimate of drug-likeness (QED) is 0.716. The predicted octanol–water partition coefficient (Wildman–Crippen LogP) is 3.59. The van der Waals surface area contributed by atoms with Crippen LogP contribution in [0.2, 0.25) is 0 Å². The lowest BCUT2D eigenvalue weighted by Crippen LogP contribution is -2.33. The van der Waals surface area contributed by atoms with Crippen LogP contribution in [0, 0.1) is 5.82 Å². The van der Waals surface area contributed by atoms with Gasteiger partial charge in [0.2, 0.25) is 0 Å². The van der Waals surface area contributed by atoms with E-state index in [2.05, 4.69) is 11.9 Å². The Morgan fingerprint density at radius 1 is 1.20 bits per heavy atom. The average molecular weight is 207 g/mol. The molecule has 1 aliphatic carbocycles. The van der Waals surface area contributed by atoms with Gasteiger partial charge in [0.25, 0.3) is 0 Å². The molecule has 0 spiro atoms. The van der Waals surface area contributed by atoms with E-state index in [9.17, 15) is 4.39 Å². The SMILES string of the molecule is CN(c1cccc(F)c1)C1CCCCC1. The van der Waals surface area contributed by atoms with Crippen LogP contribution >= 0.6 is 0 Å². The van der Waals surface area contributed by atoms with Gasteiger partial charge in [-0.2, -0.15) is 0 Å². The van der Waals surface area contributed by atoms with E-state index in [1.54, 1.807) is 12.1 Å². The smallest absolute Gasteiger partial charge is 0.125 e. The zero-order chi connectivity index (χ0) is 10.7. The molecule has 0 bridgehead atoms. The van der Waals surface area contributed by atoms with E-state index in [1.165, 1.54) is 38.2 Å². The standard InChI is InChI=1S/C13H18FN/c1-15(12-7-3-2-4-8-12)13-9-5-6-11(14)10-13/h5-6,9-10,12H,2-4,7-8H2,1H3. The fourth-order valence-corrected chi connectivity index (χ4v) is 2.37. The van der Waals surface area contributed by atoms with Gasteiger partial charge >= 0.3 is 0 Å². The second-order valence-corrected chi connectivity index (χ2v) is 4.38. The van der Waals surface area contributed by atoms with Gasteiger partial charge in [-0.15, -0.1) is 0 Å². The maximum absolute atomic E-state index is 13.1. The second-order valence-electron chi connectivity index (χ2n) is 4.38. The maximum atomic E-state index is 13.1. The summed E-state index contributed by atoms with van der Waals surface area (Å²) < 4.78 is 13.1. The van der Waals surface area contributed by atoms with Crippen LogP contribution in [0.15, 0.2) is 24.3 Å². The molecule has 0 radical (unpaired) electrons. The number of halogens is 1. The lowest BCUT2D eigenvalue weighted by Gasteiger charge is -2.32. The fraction of sp³-hybridized carbons (Fsp3) is 0.538. The highest BCUT2D eigenvalue weighted by atomic mass is 19.1. The molecule has 0 N–H and O–H groups in total. The van der Waals surface area contributed by atoms with Crippen LogP contribution in [0.3, 0.4) is 0 Å². The molecule has 1 nitrogen and oxygen atoms in total. The highest BCUT2D eigenvalue weighted by Crippen LogP contribution is 2.26. The first-order valence-electron chi connectivity index (χ1n) is 5.76. The van der Waals surface area contributed by atoms with E-state index in [0.29, 0.717) is 6.04 Å². The molecular weight excluding hydrogens is 189 g/mol. The number of benzene rings is 1. The molecule has 0 amide bonds. The number of rotatable bonds is 2. The zero-order valence-electron chi connectivity index (χ0n) is 9.25. The summed E-state index contributed by atoms with van der Waals surface area (Å²) in [6.07, 6.45) is 6.46. The summed E-state index contributed by atoms with van der Waals surface area (Å²) >= 11 is 0. The van der Waals surface area contributed by atoms with E-state index in [0.717, 1.165) is 5.69 Å². The third-order valence-electron chi connectivity index (χ3n) is 3.34. The minimum atomic E-state index is -0.143. The fourth-order valence-electron chi connectivity index (χ4n) is 2.37. The molecule has 2 heteroatoms. The summed E-state index contributed by atoms with van der Waals surface area (Å²) in [5.41, 5.74) is 1.00. The molecule has 1 aromatic carbocycles. The highest BCUT2D eigenvalue weighted by molar-refractivity contribution is 5.46. The molecule has 1 fully saturated rings. The Hall–Kier alpha value is -1.05. The van der Waals surface area contributed by atoms with Crippen molar-refractivity contribution in [1.82, 2.24) is 0 Å². The Bertz CT molecular complexity index is 318. The molecule has 15 heavy (non-hydrogen) atoms. The van der Waals surface area contributed by atoms with Crippen molar-refractivity contribution in [3.05, 3.63) is 30.1 Å². The van der Waals surface area contributed by atoms with E-state index in [1.807, 2.05) is 6.07 Å². The van der Waals surface area contributed by atoms with Crippen LogP contribution < -0.4 is 4.90 Å². The summed E-state index contributed by atoms with van der Waals surface area (Å²) in [6, 6.07) is 7.48. The normalized spacial score (nSPS) is 17.7. The summed E-state index contributed by atoms with van der Waals surface area (Å²) in [6.45, 7) is 0. The second kappa shape index (κ2) is 4.65. The number of hydrogen-bond donors (Lipinski definition) is 0. The molecule has 0 aromatic heterocycles. The van der Waals surface area contributed by atoms with E-state index in [-0.39, 0.29) is 5.82 Å². The Kier molecular flexibility index (Phi) is 3.24. The monoisotopic (exact) mass is 207 g/mol. The first-order chi connectivity index (χ1) is 7.27. The van der Waals surface area contributed by atoms with Crippen LogP contribution in [-0.2, 0) is 0 Å². The average Bonchev–Trinajstić information content (AvgIpc) is 2.29. The third-order valence-corrected chi connectivity index (χ3v) is 3.34. The van der Waals surface area contributed by atoms with Crippen LogP contribution in [0.4, 0.5) is 10.1 Å². The van der Waals surface area contributed by atoms with E-state index in [4.69, 9.17) is 0 Å². The van der Waals surface area contributed by atoms with Gasteiger partial charge in [-0.25, -0.2) is 4.39 Å². The Morgan fingerprint density at radius 3 is 2.60 bits per heavy atom. The van der Waals surface area contributed by atoms with E-state index < -0.39 is 0 Å². The van der Waals surface area contributed by atoms with Crippen LogP contribution in [0.25, 0.3) is 0 Å². The van der Waals surface area contributed by atoms with Gasteiger partial charge in [0, 0.05) is 18.8 Å². The van der Waals surface area contributed by atoms with Crippen molar-refractivity contribution in [2.75, 3.05) is 11.9 Å². The largest absolute Gasteiger partial charge is 0.372 e. The molecule has 0 aliphatic heterocycles. The van der Waals surface area contributed by atoms with Crippen LogP contribution in [0.5, 0.6) is 0 Å². The summed E-state index contributed by atoms with van der Waals surface area (Å²) in [4.78, 5) is 2.22. The van der Waals surface area contributed by atoms with Crippen molar-refractivity contribution >= 4 is 5.69 Å². The molecule has 2 rings (SSSR count). The van der Waals surface area contributed by atoms with Gasteiger partial charge in [-0.3, -0.25) is 0 Å². The molecule has 0 unspecified atom stereocenters. The lowest BCUT2D eigenvalue weighted by atomic mass is 9.94. The van der Waals surface area contributed by atoms with Crippen LogP contribution in [0.1, 0.15) is 32.1 Å². The van der Waals surface area contributed by atoms with E-state index >= 15 is 0 Å². The maximum Gasteiger partial charge on any atom is 0.125 e. The van der Waals surface area contributed by atoms with Gasteiger partial charge in [0.15, 0.2) is 0 Å². The Balaban J connectivity index is 2.08. The Morgan fingerprint density at radius 2 is 1.93 bits per heavy atom. The zero-order valence-corrected chi connectivity index (χ0v) is 9.25. The van der Waals surface area contributed by atoms with Gasteiger partial charge in [0.05, 0.1) is 0 Å². The van der Waals surface area contributed by atoms with Crippen molar-refractivity contribution in [3.63, 3.8) is 0 Å². The summed E-state index contributed by atoms with van der Waals surface area (Å²) in [5.74, 6) is -0.143. The van der Waals surface area contributed by atoms with Crippen molar-refractivity contribution in [3.8, 4) is 0 Å². The molecule has 1 aliphatic rings. The molecule has 0 atom stereocenters. The number of nitrogens with zero attached hydrogens (tertiary/aromatic N) is 1. The minimum Gasteiger partial charge on any atom is -0.372 e. The topological polar surface area (TPSA) is 3.24 Å². The van der Waals surface area contributed by atoms with Crippen molar-refractivity contribution in [2.45, 2.75) is 38.1 Å². The van der Waals surface area contributed by atoms with Gasteiger partial charge in [-0.05, 0) is 31.0 Å². The van der Waals surface area contributed by atoms with Crippen molar-refractivity contribution in [2.24, 2.45) is 0 Å². The number of hydrogen-bond acceptors (Lipinski definition) is 1. The first kappa shape index (κ1) is 10.5. The van der Waals surface area contributed by atoms with Crippen molar-refractivity contribution < 1.29 is 4.39 Å². The third kappa shape index (κ3) is 2.49. The van der Waals surface area contributed by atoms with Crippen LogP contribution in [-0.4, -0.2) is 13.1 Å². The van der Waals surface area contributed by atoms with Crippen molar-refractivity contribution in [1.29, 1.82) is 0 Å². The molecule has 0 heterocycles. The van der Waals surface area contributed by atoms with Gasteiger partial charge in [0.1, 0.15) is 5.82 Å². The Labute approximate surface area is 90.9 Å². The first-order valence-corrected chi connectivity index (χ1v) is 5.76. The summed E-state index contributed by atoms with van der Waals surface area (Å²) in [7, 11) is 2.07. The molecule has 1 saturated carbocycles. The predicted molar refractivity (Wildman–Crippen MR) is 61.7 cm³/mol. The molecule has 82 valence electrons. The molecular formula is C13H18FN. The lowest BCUT2D eigenvalue weighted by molar-refractivity contribution is 0.427. The summed E-state index contributed by atoms with van der Waals surface area (Å²) in [5, 5.41) is 0. The minimum absolute atomic E-state index is 0.143.